The predicted molar refractivity (Wildman–Crippen MR) is 120 cm³/mol. The summed E-state index contributed by atoms with van der Waals surface area (Å²) in [5.74, 6) is 0.793. The van der Waals surface area contributed by atoms with Crippen LogP contribution in [0.2, 0.25) is 0 Å². The van der Waals surface area contributed by atoms with Crippen LogP contribution in [0.5, 0.6) is 5.75 Å². The van der Waals surface area contributed by atoms with Gasteiger partial charge < -0.3 is 9.84 Å². The van der Waals surface area contributed by atoms with Crippen molar-refractivity contribution in [3.05, 3.63) is 89.0 Å². The molecule has 2 heteroatoms. The zero-order chi connectivity index (χ0) is 20.0. The second kappa shape index (κ2) is 7.06. The molecule has 0 aromatic heterocycles. The Morgan fingerprint density at radius 2 is 1.62 bits per heavy atom. The number of aryl methyl sites for hydroxylation is 2. The smallest absolute Gasteiger partial charge is 0.120 e. The van der Waals surface area contributed by atoms with Gasteiger partial charge in [-0.05, 0) is 88.2 Å². The van der Waals surface area contributed by atoms with Crippen molar-refractivity contribution >= 4 is 10.8 Å². The summed E-state index contributed by atoms with van der Waals surface area (Å²) in [5, 5.41) is 11.3. The molecule has 0 unspecified atom stereocenters. The Bertz CT molecular complexity index is 1240. The first-order valence-corrected chi connectivity index (χ1v) is 10.1. The van der Waals surface area contributed by atoms with E-state index in [-0.39, 0.29) is 6.61 Å². The average molecular weight is 380 g/mol. The first kappa shape index (κ1) is 18.0. The molecule has 0 spiro atoms. The Hall–Kier alpha value is -3.10. The second-order valence-electron chi connectivity index (χ2n) is 7.92. The molecule has 4 aromatic carbocycles. The Balaban J connectivity index is 1.60. The number of rotatable bonds is 4. The van der Waals surface area contributed by atoms with Gasteiger partial charge in [-0.3, -0.25) is 0 Å². The molecule has 0 saturated heterocycles. The quantitative estimate of drug-likeness (QED) is 0.410. The van der Waals surface area contributed by atoms with Crippen LogP contribution in [0.1, 0.15) is 22.3 Å². The van der Waals surface area contributed by atoms with Crippen molar-refractivity contribution in [2.45, 2.75) is 20.3 Å². The highest BCUT2D eigenvalue weighted by Gasteiger charge is 2.23. The Kier molecular flexibility index (Phi) is 4.37. The highest BCUT2D eigenvalue weighted by atomic mass is 16.5. The lowest BCUT2D eigenvalue weighted by Gasteiger charge is -2.14. The van der Waals surface area contributed by atoms with E-state index in [1.54, 1.807) is 0 Å². The van der Waals surface area contributed by atoms with Gasteiger partial charge in [0, 0.05) is 0 Å². The minimum Gasteiger partial charge on any atom is -0.491 e. The zero-order valence-electron chi connectivity index (χ0n) is 16.8. The number of hydrogen-bond donors (Lipinski definition) is 1. The van der Waals surface area contributed by atoms with E-state index >= 15 is 0 Å². The van der Waals surface area contributed by atoms with E-state index in [1.807, 2.05) is 12.1 Å². The normalized spacial score (nSPS) is 12.1. The summed E-state index contributed by atoms with van der Waals surface area (Å²) in [6, 6.07) is 24.1. The van der Waals surface area contributed by atoms with E-state index < -0.39 is 0 Å². The van der Waals surface area contributed by atoms with Crippen molar-refractivity contribution in [2.75, 3.05) is 13.2 Å². The monoisotopic (exact) mass is 380 g/mol. The second-order valence-corrected chi connectivity index (χ2v) is 7.92. The fourth-order valence-corrected chi connectivity index (χ4v) is 4.56. The SMILES string of the molecule is Cc1ccc2c(c1)Cc1c-2ccc(C)c1-c1ccc2cc(OCCO)ccc2c1. The van der Waals surface area contributed by atoms with Crippen molar-refractivity contribution in [3.8, 4) is 28.0 Å². The number of ether oxygens (including phenoxy) is 1. The van der Waals surface area contributed by atoms with Crippen molar-refractivity contribution in [3.63, 3.8) is 0 Å². The van der Waals surface area contributed by atoms with Gasteiger partial charge in [-0.25, -0.2) is 0 Å². The molecular weight excluding hydrogens is 356 g/mol. The number of benzene rings is 4. The van der Waals surface area contributed by atoms with Crippen LogP contribution in [0.3, 0.4) is 0 Å². The fraction of sp³-hybridized carbons (Fsp3) is 0.185. The molecule has 29 heavy (non-hydrogen) atoms. The summed E-state index contributed by atoms with van der Waals surface area (Å²) in [4.78, 5) is 0. The van der Waals surface area contributed by atoms with Crippen LogP contribution in [0.15, 0.2) is 66.7 Å². The lowest BCUT2D eigenvalue weighted by atomic mass is 9.90. The molecule has 0 radical (unpaired) electrons. The Morgan fingerprint density at radius 3 is 2.48 bits per heavy atom. The van der Waals surface area contributed by atoms with Gasteiger partial charge in [-0.1, -0.05) is 54.1 Å². The third-order valence-electron chi connectivity index (χ3n) is 5.90. The average Bonchev–Trinajstić information content (AvgIpc) is 3.09. The summed E-state index contributed by atoms with van der Waals surface area (Å²) in [6.45, 7) is 4.72. The summed E-state index contributed by atoms with van der Waals surface area (Å²) >= 11 is 0. The van der Waals surface area contributed by atoms with E-state index in [0.717, 1.165) is 17.6 Å². The molecule has 0 heterocycles. The summed E-state index contributed by atoms with van der Waals surface area (Å²) in [5.41, 5.74) is 10.9. The highest BCUT2D eigenvalue weighted by molar-refractivity contribution is 5.92. The minimum atomic E-state index is 0.0251. The lowest BCUT2D eigenvalue weighted by molar-refractivity contribution is 0.201. The lowest BCUT2D eigenvalue weighted by Crippen LogP contribution is -2.01. The van der Waals surface area contributed by atoms with Crippen molar-refractivity contribution < 1.29 is 9.84 Å². The third-order valence-corrected chi connectivity index (χ3v) is 5.90. The number of aliphatic hydroxyl groups excluding tert-OH is 1. The molecular formula is C27H24O2. The van der Waals surface area contributed by atoms with E-state index in [9.17, 15) is 0 Å². The van der Waals surface area contributed by atoms with Crippen LogP contribution < -0.4 is 4.74 Å². The Morgan fingerprint density at radius 1 is 0.828 bits per heavy atom. The summed E-state index contributed by atoms with van der Waals surface area (Å²) in [6.07, 6.45) is 0.995. The van der Waals surface area contributed by atoms with Crippen molar-refractivity contribution in [1.29, 1.82) is 0 Å². The Labute approximate surface area is 171 Å². The maximum absolute atomic E-state index is 8.96. The standard InChI is InChI=1S/C27H24O2/c1-17-3-9-24-22(13-17)16-26-25(24)10-4-18(2)27(26)21-6-5-20-15-23(29-12-11-28)8-7-19(20)14-21/h3-10,13-15,28H,11-12,16H2,1-2H3. The number of fused-ring (bicyclic) bond motifs is 4. The molecule has 4 aromatic rings. The van der Waals surface area contributed by atoms with Crippen LogP contribution in [0, 0.1) is 13.8 Å². The summed E-state index contributed by atoms with van der Waals surface area (Å²) < 4.78 is 5.55. The predicted octanol–water partition coefficient (Wildman–Crippen LogP) is 6.07. The van der Waals surface area contributed by atoms with Crippen LogP contribution in [-0.4, -0.2) is 18.3 Å². The van der Waals surface area contributed by atoms with Gasteiger partial charge in [0.15, 0.2) is 0 Å². The molecule has 0 fully saturated rings. The number of aliphatic hydroxyl groups is 1. The van der Waals surface area contributed by atoms with E-state index in [1.165, 1.54) is 49.9 Å². The molecule has 1 aliphatic rings. The molecule has 1 aliphatic carbocycles. The van der Waals surface area contributed by atoms with Gasteiger partial charge in [0.1, 0.15) is 12.4 Å². The molecule has 0 saturated carbocycles. The maximum atomic E-state index is 8.96. The molecule has 144 valence electrons. The third kappa shape index (κ3) is 3.10. The van der Waals surface area contributed by atoms with E-state index in [4.69, 9.17) is 9.84 Å². The largest absolute Gasteiger partial charge is 0.491 e. The summed E-state index contributed by atoms with van der Waals surface area (Å²) in [7, 11) is 0. The first-order chi connectivity index (χ1) is 14.1. The molecule has 2 nitrogen and oxygen atoms in total. The minimum absolute atomic E-state index is 0.0251. The topological polar surface area (TPSA) is 29.5 Å². The van der Waals surface area contributed by atoms with E-state index in [0.29, 0.717) is 6.61 Å². The van der Waals surface area contributed by atoms with Crippen molar-refractivity contribution in [2.24, 2.45) is 0 Å². The fourth-order valence-electron chi connectivity index (χ4n) is 4.56. The highest BCUT2D eigenvalue weighted by Crippen LogP contribution is 2.43. The molecule has 0 aliphatic heterocycles. The van der Waals surface area contributed by atoms with Gasteiger partial charge in [-0.2, -0.15) is 0 Å². The van der Waals surface area contributed by atoms with Gasteiger partial charge in [0.2, 0.25) is 0 Å². The molecule has 0 atom stereocenters. The van der Waals surface area contributed by atoms with Gasteiger partial charge in [0.05, 0.1) is 6.61 Å². The maximum Gasteiger partial charge on any atom is 0.120 e. The van der Waals surface area contributed by atoms with Crippen LogP contribution in [0.4, 0.5) is 0 Å². The van der Waals surface area contributed by atoms with Gasteiger partial charge in [-0.15, -0.1) is 0 Å². The van der Waals surface area contributed by atoms with Crippen LogP contribution >= 0.6 is 0 Å². The molecule has 1 N–H and O–H groups in total. The molecule has 5 rings (SSSR count). The number of hydrogen-bond acceptors (Lipinski definition) is 2. The van der Waals surface area contributed by atoms with Crippen LogP contribution in [0.25, 0.3) is 33.0 Å². The molecule has 0 bridgehead atoms. The molecule has 0 amide bonds. The first-order valence-electron chi connectivity index (χ1n) is 10.1. The van der Waals surface area contributed by atoms with E-state index in [2.05, 4.69) is 68.4 Å². The van der Waals surface area contributed by atoms with Crippen molar-refractivity contribution in [1.82, 2.24) is 0 Å². The zero-order valence-corrected chi connectivity index (χ0v) is 16.8. The van der Waals surface area contributed by atoms with Gasteiger partial charge >= 0.3 is 0 Å². The van der Waals surface area contributed by atoms with Crippen LogP contribution in [-0.2, 0) is 6.42 Å². The van der Waals surface area contributed by atoms with Gasteiger partial charge in [0.25, 0.3) is 0 Å².